The molecule has 0 N–H and O–H groups in total. The zero-order valence-electron chi connectivity index (χ0n) is 13.5. The summed E-state index contributed by atoms with van der Waals surface area (Å²) < 4.78 is 0. The lowest BCUT2D eigenvalue weighted by molar-refractivity contribution is -0.127. The maximum atomic E-state index is 12.2. The van der Waals surface area contributed by atoms with E-state index in [-0.39, 0.29) is 5.91 Å². The molecule has 4 heteroatoms. The first-order chi connectivity index (χ1) is 10.6. The molecule has 4 nitrogen and oxygen atoms in total. The SMILES string of the molecule is C=CCN1CCN(C(=O)/C=C\c2ccc(N(C)C)cc2)CC1. The number of piperazine rings is 1. The van der Waals surface area contributed by atoms with Crippen molar-refractivity contribution >= 4 is 17.7 Å². The molecule has 0 aliphatic carbocycles. The normalized spacial score (nSPS) is 16.0. The highest BCUT2D eigenvalue weighted by molar-refractivity contribution is 5.91. The fourth-order valence-corrected chi connectivity index (χ4v) is 2.49. The van der Waals surface area contributed by atoms with Gasteiger partial charge < -0.3 is 9.80 Å². The first-order valence-corrected chi connectivity index (χ1v) is 7.68. The van der Waals surface area contributed by atoms with Crippen LogP contribution in [0.3, 0.4) is 0 Å². The van der Waals surface area contributed by atoms with Crippen LogP contribution in [0, 0.1) is 0 Å². The van der Waals surface area contributed by atoms with Gasteiger partial charge in [0.15, 0.2) is 0 Å². The average molecular weight is 299 g/mol. The third-order valence-corrected chi connectivity index (χ3v) is 3.90. The Morgan fingerprint density at radius 3 is 2.36 bits per heavy atom. The summed E-state index contributed by atoms with van der Waals surface area (Å²) in [5, 5.41) is 0. The number of amides is 1. The topological polar surface area (TPSA) is 26.8 Å². The summed E-state index contributed by atoms with van der Waals surface area (Å²) in [6, 6.07) is 8.17. The summed E-state index contributed by atoms with van der Waals surface area (Å²) in [5.41, 5.74) is 2.20. The molecule has 1 aromatic carbocycles. The quantitative estimate of drug-likeness (QED) is 0.615. The van der Waals surface area contributed by atoms with Crippen molar-refractivity contribution in [3.8, 4) is 0 Å². The van der Waals surface area contributed by atoms with Crippen molar-refractivity contribution in [1.29, 1.82) is 0 Å². The van der Waals surface area contributed by atoms with Crippen molar-refractivity contribution < 1.29 is 4.79 Å². The van der Waals surface area contributed by atoms with Crippen molar-refractivity contribution in [3.63, 3.8) is 0 Å². The number of anilines is 1. The lowest BCUT2D eigenvalue weighted by atomic mass is 10.2. The summed E-state index contributed by atoms with van der Waals surface area (Å²) in [6.45, 7) is 8.07. The fraction of sp³-hybridized carbons (Fsp3) is 0.389. The molecule has 1 amide bonds. The molecule has 22 heavy (non-hydrogen) atoms. The van der Waals surface area contributed by atoms with Gasteiger partial charge in [-0.15, -0.1) is 6.58 Å². The Hall–Kier alpha value is -2.07. The standard InChI is InChI=1S/C18H25N3O/c1-4-11-20-12-14-21(15-13-20)18(22)10-7-16-5-8-17(9-6-16)19(2)3/h4-10H,1,11-15H2,2-3H3/b10-7-. The van der Waals surface area contributed by atoms with E-state index >= 15 is 0 Å². The Morgan fingerprint density at radius 1 is 1.18 bits per heavy atom. The summed E-state index contributed by atoms with van der Waals surface area (Å²) in [7, 11) is 4.03. The molecule has 1 aliphatic rings. The van der Waals surface area contributed by atoms with E-state index in [2.05, 4.69) is 28.5 Å². The van der Waals surface area contributed by atoms with E-state index in [0.29, 0.717) is 0 Å². The summed E-state index contributed by atoms with van der Waals surface area (Å²) in [5.74, 6) is 0.0925. The molecule has 0 aromatic heterocycles. The monoisotopic (exact) mass is 299 g/mol. The molecule has 1 fully saturated rings. The number of hydrogen-bond acceptors (Lipinski definition) is 3. The van der Waals surface area contributed by atoms with E-state index in [1.54, 1.807) is 6.08 Å². The highest BCUT2D eigenvalue weighted by Gasteiger charge is 2.18. The lowest BCUT2D eigenvalue weighted by Crippen LogP contribution is -2.48. The maximum Gasteiger partial charge on any atom is 0.246 e. The van der Waals surface area contributed by atoms with Gasteiger partial charge in [0.05, 0.1) is 0 Å². The van der Waals surface area contributed by atoms with Gasteiger partial charge in [-0.3, -0.25) is 9.69 Å². The van der Waals surface area contributed by atoms with Crippen LogP contribution in [0.4, 0.5) is 5.69 Å². The molecule has 0 saturated carbocycles. The minimum atomic E-state index is 0.0925. The van der Waals surface area contributed by atoms with Gasteiger partial charge in [-0.1, -0.05) is 18.2 Å². The number of hydrogen-bond donors (Lipinski definition) is 0. The van der Waals surface area contributed by atoms with Gasteiger partial charge in [-0.25, -0.2) is 0 Å². The highest BCUT2D eigenvalue weighted by Crippen LogP contribution is 2.13. The van der Waals surface area contributed by atoms with Crippen LogP contribution in [0.15, 0.2) is 43.0 Å². The molecule has 0 bridgehead atoms. The van der Waals surface area contributed by atoms with E-state index in [0.717, 1.165) is 44.0 Å². The van der Waals surface area contributed by atoms with E-state index < -0.39 is 0 Å². The first-order valence-electron chi connectivity index (χ1n) is 7.68. The molecule has 0 radical (unpaired) electrons. The van der Waals surface area contributed by atoms with Crippen LogP contribution >= 0.6 is 0 Å². The third-order valence-electron chi connectivity index (χ3n) is 3.90. The van der Waals surface area contributed by atoms with Gasteiger partial charge in [0, 0.05) is 58.6 Å². The minimum absolute atomic E-state index is 0.0925. The number of carbonyl (C=O) groups is 1. The largest absolute Gasteiger partial charge is 0.378 e. The minimum Gasteiger partial charge on any atom is -0.378 e. The van der Waals surface area contributed by atoms with Gasteiger partial charge in [-0.05, 0) is 23.8 Å². The van der Waals surface area contributed by atoms with Crippen molar-refractivity contribution in [1.82, 2.24) is 9.80 Å². The Kier molecular flexibility index (Phi) is 5.78. The van der Waals surface area contributed by atoms with Crippen LogP contribution in [0.1, 0.15) is 5.56 Å². The number of carbonyl (C=O) groups excluding carboxylic acids is 1. The molecule has 2 rings (SSSR count). The average Bonchev–Trinajstić information content (AvgIpc) is 2.54. The third kappa shape index (κ3) is 4.46. The fourth-order valence-electron chi connectivity index (χ4n) is 2.49. The second-order valence-corrected chi connectivity index (χ2v) is 5.73. The molecule has 1 aromatic rings. The van der Waals surface area contributed by atoms with Crippen LogP contribution in [0.25, 0.3) is 6.08 Å². The number of benzene rings is 1. The smallest absolute Gasteiger partial charge is 0.246 e. The van der Waals surface area contributed by atoms with Crippen molar-refractivity contribution in [2.24, 2.45) is 0 Å². The Labute approximate surface area is 133 Å². The molecule has 1 heterocycles. The van der Waals surface area contributed by atoms with Gasteiger partial charge in [0.2, 0.25) is 5.91 Å². The second kappa shape index (κ2) is 7.80. The summed E-state index contributed by atoms with van der Waals surface area (Å²) in [6.07, 6.45) is 5.47. The van der Waals surface area contributed by atoms with Gasteiger partial charge in [0.25, 0.3) is 0 Å². The van der Waals surface area contributed by atoms with Gasteiger partial charge >= 0.3 is 0 Å². The Morgan fingerprint density at radius 2 is 1.82 bits per heavy atom. The number of nitrogens with zero attached hydrogens (tertiary/aromatic N) is 3. The molecular formula is C18H25N3O. The highest BCUT2D eigenvalue weighted by atomic mass is 16.2. The molecule has 118 valence electrons. The van der Waals surface area contributed by atoms with E-state index in [9.17, 15) is 4.79 Å². The van der Waals surface area contributed by atoms with Gasteiger partial charge in [-0.2, -0.15) is 0 Å². The summed E-state index contributed by atoms with van der Waals surface area (Å²) >= 11 is 0. The van der Waals surface area contributed by atoms with Crippen molar-refractivity contribution in [3.05, 3.63) is 48.6 Å². The van der Waals surface area contributed by atoms with Crippen LogP contribution < -0.4 is 4.90 Å². The zero-order valence-corrected chi connectivity index (χ0v) is 13.5. The predicted octanol–water partition coefficient (Wildman–Crippen LogP) is 2.10. The molecule has 0 spiro atoms. The van der Waals surface area contributed by atoms with E-state index in [4.69, 9.17) is 0 Å². The number of rotatable bonds is 5. The molecule has 1 aliphatic heterocycles. The Balaban J connectivity index is 1.87. The predicted molar refractivity (Wildman–Crippen MR) is 93.0 cm³/mol. The Bertz CT molecular complexity index is 526. The van der Waals surface area contributed by atoms with E-state index in [1.165, 1.54) is 0 Å². The molecule has 0 unspecified atom stereocenters. The first kappa shape index (κ1) is 16.3. The van der Waals surface area contributed by atoms with Crippen LogP contribution in [0.5, 0.6) is 0 Å². The van der Waals surface area contributed by atoms with E-state index in [1.807, 2.05) is 43.3 Å². The van der Waals surface area contributed by atoms with Gasteiger partial charge in [0.1, 0.15) is 0 Å². The van der Waals surface area contributed by atoms with Crippen LogP contribution in [-0.2, 0) is 4.79 Å². The maximum absolute atomic E-state index is 12.2. The zero-order chi connectivity index (χ0) is 15.9. The van der Waals surface area contributed by atoms with Crippen LogP contribution in [-0.4, -0.2) is 62.5 Å². The molecular weight excluding hydrogens is 274 g/mol. The van der Waals surface area contributed by atoms with Crippen LogP contribution in [0.2, 0.25) is 0 Å². The molecule has 0 atom stereocenters. The lowest BCUT2D eigenvalue weighted by Gasteiger charge is -2.33. The second-order valence-electron chi connectivity index (χ2n) is 5.73. The van der Waals surface area contributed by atoms with Crippen molar-refractivity contribution in [2.75, 3.05) is 51.7 Å². The molecule has 1 saturated heterocycles. The summed E-state index contributed by atoms with van der Waals surface area (Å²) in [4.78, 5) is 18.5. The van der Waals surface area contributed by atoms with Crippen molar-refractivity contribution in [2.45, 2.75) is 0 Å².